The Morgan fingerprint density at radius 3 is 2.36 bits per heavy atom. The van der Waals surface area contributed by atoms with Crippen molar-refractivity contribution in [2.75, 3.05) is 0 Å². The number of carbonyl (C=O) groups excluding carboxylic acids is 1. The number of Topliss-reactive ketones (excluding diaryl/α,β-unsaturated/α-hetero) is 1. The van der Waals surface area contributed by atoms with Gasteiger partial charge in [0, 0.05) is 12.0 Å². The minimum Gasteiger partial charge on any atom is -1.00 e. The molecule has 1 nitrogen and oxygen atoms in total. The maximum atomic E-state index is 11.0. The molecule has 0 atom stereocenters. The molecule has 0 amide bonds. The average Bonchev–Trinajstić information content (AvgIpc) is 2.05. The van der Waals surface area contributed by atoms with E-state index in [1.54, 1.807) is 0 Å². The number of ketones is 1. The number of benzene rings is 1. The largest absolute Gasteiger partial charge is 2.00 e. The molecule has 0 radical (unpaired) electrons. The number of carbonyl (C=O) groups is 1. The Labute approximate surface area is 99.8 Å². The van der Waals surface area contributed by atoms with E-state index in [1.165, 1.54) is 0 Å². The van der Waals surface area contributed by atoms with Crippen LogP contribution < -0.4 is 0 Å². The fraction of sp³-hybridized carbons (Fsp3) is 0.222. The van der Waals surface area contributed by atoms with Crippen LogP contribution in [0.5, 0.6) is 0 Å². The van der Waals surface area contributed by atoms with Crippen LogP contribution in [0.25, 0.3) is 0 Å². The van der Waals surface area contributed by atoms with E-state index in [2.05, 4.69) is 0 Å². The van der Waals surface area contributed by atoms with Crippen molar-refractivity contribution in [3.8, 4) is 0 Å². The van der Waals surface area contributed by atoms with Crippen molar-refractivity contribution in [2.45, 2.75) is 13.3 Å². The summed E-state index contributed by atoms with van der Waals surface area (Å²) in [6.45, 7) is 1.87. The molecule has 0 saturated carbocycles. The zero-order chi connectivity index (χ0) is 7.40. The molecule has 0 bridgehead atoms. The van der Waals surface area contributed by atoms with Gasteiger partial charge in [-0.2, -0.15) is 0 Å². The van der Waals surface area contributed by atoms with E-state index in [1.807, 2.05) is 37.3 Å². The van der Waals surface area contributed by atoms with Crippen molar-refractivity contribution < 1.29 is 7.65 Å². The quantitative estimate of drug-likeness (QED) is 0.498. The summed E-state index contributed by atoms with van der Waals surface area (Å²) in [6, 6.07) is 9.34. The average molecular weight is 176 g/mol. The number of rotatable bonds is 2. The van der Waals surface area contributed by atoms with Crippen LogP contribution in [-0.4, -0.2) is 43.5 Å². The van der Waals surface area contributed by atoms with Crippen molar-refractivity contribution in [1.82, 2.24) is 0 Å². The van der Waals surface area contributed by atoms with Gasteiger partial charge in [0.2, 0.25) is 0 Å². The molecule has 0 heterocycles. The topological polar surface area (TPSA) is 17.1 Å². The molecule has 1 aromatic rings. The van der Waals surface area contributed by atoms with Crippen molar-refractivity contribution in [3.05, 3.63) is 35.9 Å². The van der Waals surface area contributed by atoms with Crippen LogP contribution in [0.2, 0.25) is 0 Å². The van der Waals surface area contributed by atoms with Gasteiger partial charge in [-0.15, -0.1) is 0 Å². The van der Waals surface area contributed by atoms with Crippen molar-refractivity contribution in [2.24, 2.45) is 0 Å². The third-order valence-corrected chi connectivity index (χ3v) is 1.42. The summed E-state index contributed by atoms with van der Waals surface area (Å²) in [5, 5.41) is 0. The molecule has 11 heavy (non-hydrogen) atoms. The van der Waals surface area contributed by atoms with E-state index < -0.39 is 0 Å². The second kappa shape index (κ2) is 5.76. The Hall–Kier alpha value is 0.150. The van der Waals surface area contributed by atoms with Crippen molar-refractivity contribution in [3.63, 3.8) is 0 Å². The second-order valence-corrected chi connectivity index (χ2v) is 2.14. The summed E-state index contributed by atoms with van der Waals surface area (Å²) in [5.41, 5.74) is 0.810. The molecule has 0 fully saturated rings. The van der Waals surface area contributed by atoms with E-state index in [0.717, 1.165) is 5.56 Å². The van der Waals surface area contributed by atoms with E-state index in [-0.39, 0.29) is 46.4 Å². The van der Waals surface area contributed by atoms with Gasteiger partial charge < -0.3 is 2.85 Å². The molecule has 0 aliphatic rings. The van der Waals surface area contributed by atoms with Crippen LogP contribution >= 0.6 is 0 Å². The Morgan fingerprint density at radius 1 is 1.36 bits per heavy atom. The molecule has 56 valence electrons. The number of hydrogen-bond acceptors (Lipinski definition) is 1. The molecule has 2 heteroatoms. The van der Waals surface area contributed by atoms with E-state index in [4.69, 9.17) is 0 Å². The van der Waals surface area contributed by atoms with E-state index in [0.29, 0.717) is 6.42 Å². The molecule has 0 unspecified atom stereocenters. The predicted molar refractivity (Wildman–Crippen MR) is 49.0 cm³/mol. The Balaban J connectivity index is -0.000000333. The minimum atomic E-state index is 0. The SMILES string of the molecule is CCC(=O)c1ccccc1.[Ca+2].[H-].[H-]. The van der Waals surface area contributed by atoms with Gasteiger partial charge in [0.25, 0.3) is 0 Å². The zero-order valence-electron chi connectivity index (χ0n) is 8.71. The maximum absolute atomic E-state index is 11.0. The molecule has 0 N–H and O–H groups in total. The first-order chi connectivity index (χ1) is 4.84. The van der Waals surface area contributed by atoms with E-state index >= 15 is 0 Å². The molecular weight excluding hydrogens is 164 g/mol. The van der Waals surface area contributed by atoms with E-state index in [9.17, 15) is 4.79 Å². The van der Waals surface area contributed by atoms with Crippen LogP contribution in [0.1, 0.15) is 26.6 Å². The molecule has 1 aromatic carbocycles. The number of hydrogen-bond donors (Lipinski definition) is 0. The molecule has 0 aromatic heterocycles. The van der Waals surface area contributed by atoms with Crippen LogP contribution in [0.15, 0.2) is 30.3 Å². The molecular formula is C9H12CaO. The molecule has 0 aliphatic heterocycles. The van der Waals surface area contributed by atoms with Crippen molar-refractivity contribution >= 4 is 43.5 Å². The van der Waals surface area contributed by atoms with Crippen LogP contribution in [0, 0.1) is 0 Å². The molecule has 1 rings (SSSR count). The monoisotopic (exact) mass is 176 g/mol. The van der Waals surface area contributed by atoms with Gasteiger partial charge in [0.05, 0.1) is 0 Å². The second-order valence-electron chi connectivity index (χ2n) is 2.14. The van der Waals surface area contributed by atoms with Crippen LogP contribution in [0.3, 0.4) is 0 Å². The fourth-order valence-electron chi connectivity index (χ4n) is 0.828. The Bertz CT molecular complexity index is 226. The third kappa shape index (κ3) is 3.37. The van der Waals surface area contributed by atoms with Gasteiger partial charge >= 0.3 is 37.7 Å². The van der Waals surface area contributed by atoms with Gasteiger partial charge in [-0.3, -0.25) is 4.79 Å². The first kappa shape index (κ1) is 11.1. The molecule has 0 spiro atoms. The standard InChI is InChI=1S/C9H10O.Ca.2H/c1-2-9(10)8-6-4-3-5-7-8;;;/h3-7H,2H2,1H3;;;/q;+2;2*-1. The summed E-state index contributed by atoms with van der Waals surface area (Å²) in [4.78, 5) is 11.0. The first-order valence-corrected chi connectivity index (χ1v) is 3.43. The normalized spacial score (nSPS) is 8.45. The summed E-state index contributed by atoms with van der Waals surface area (Å²) >= 11 is 0. The summed E-state index contributed by atoms with van der Waals surface area (Å²) in [5.74, 6) is 0.209. The van der Waals surface area contributed by atoms with Gasteiger partial charge in [0.1, 0.15) is 0 Å². The summed E-state index contributed by atoms with van der Waals surface area (Å²) < 4.78 is 0. The zero-order valence-corrected chi connectivity index (χ0v) is 8.92. The van der Waals surface area contributed by atoms with Gasteiger partial charge in [-0.05, 0) is 0 Å². The van der Waals surface area contributed by atoms with Crippen molar-refractivity contribution in [1.29, 1.82) is 0 Å². The van der Waals surface area contributed by atoms with Crippen LogP contribution in [0.4, 0.5) is 0 Å². The predicted octanol–water partition coefficient (Wildman–Crippen LogP) is 2.12. The summed E-state index contributed by atoms with van der Waals surface area (Å²) in [6.07, 6.45) is 0.587. The van der Waals surface area contributed by atoms with Gasteiger partial charge in [-0.1, -0.05) is 37.3 Å². The third-order valence-electron chi connectivity index (χ3n) is 1.42. The maximum Gasteiger partial charge on any atom is 2.00 e. The Morgan fingerprint density at radius 2 is 1.91 bits per heavy atom. The minimum absolute atomic E-state index is 0. The van der Waals surface area contributed by atoms with Gasteiger partial charge in [0.15, 0.2) is 5.78 Å². The molecule has 0 saturated heterocycles. The summed E-state index contributed by atoms with van der Waals surface area (Å²) in [7, 11) is 0. The smallest absolute Gasteiger partial charge is 1.00 e. The Kier molecular flexibility index (Phi) is 5.83. The van der Waals surface area contributed by atoms with Crippen LogP contribution in [-0.2, 0) is 0 Å². The van der Waals surface area contributed by atoms with Gasteiger partial charge in [-0.25, -0.2) is 0 Å². The first-order valence-electron chi connectivity index (χ1n) is 3.43. The molecule has 0 aliphatic carbocycles. The fourth-order valence-corrected chi connectivity index (χ4v) is 0.828.